The first-order valence-corrected chi connectivity index (χ1v) is 12.5. The molecular weight excluding hydrogens is 382 g/mol. The summed E-state index contributed by atoms with van der Waals surface area (Å²) in [5, 5.41) is 13.2. The van der Waals surface area contributed by atoms with Gasteiger partial charge in [-0.1, -0.05) is 110 Å². The zero-order chi connectivity index (χ0) is 23.1. The average Bonchev–Trinajstić information content (AvgIpc) is 2.73. The van der Waals surface area contributed by atoms with Crippen LogP contribution in [-0.2, 0) is 5.41 Å². The predicted molar refractivity (Wildman–Crippen MR) is 134 cm³/mol. The number of allylic oxidation sites excluding steroid dienone is 1. The van der Waals surface area contributed by atoms with Crippen LogP contribution in [0.3, 0.4) is 0 Å². The molecule has 0 aromatic heterocycles. The topological polar surface area (TPSA) is 49.3 Å². The molecule has 0 aliphatic heterocycles. The number of hydrogen-bond acceptors (Lipinski definition) is 2. The van der Waals surface area contributed by atoms with E-state index in [1.54, 1.807) is 0 Å². The van der Waals surface area contributed by atoms with E-state index in [2.05, 4.69) is 39.1 Å². The van der Waals surface area contributed by atoms with Crippen LogP contribution in [0.25, 0.3) is 0 Å². The van der Waals surface area contributed by atoms with Gasteiger partial charge in [0, 0.05) is 5.56 Å². The number of amides is 1. The normalized spacial score (nSPS) is 14.0. The second kappa shape index (κ2) is 15.2. The molecule has 0 unspecified atom stereocenters. The SMILES string of the molecule is CCCCCCCCCCCC/C=C/[C@@H](O)[C@@H](C)NC(=O)c1ccc(C(C)(C)C)cc1. The van der Waals surface area contributed by atoms with Gasteiger partial charge < -0.3 is 10.4 Å². The van der Waals surface area contributed by atoms with E-state index in [0.717, 1.165) is 6.42 Å². The number of carbonyl (C=O) groups is 1. The van der Waals surface area contributed by atoms with Gasteiger partial charge in [-0.3, -0.25) is 4.79 Å². The summed E-state index contributed by atoms with van der Waals surface area (Å²) >= 11 is 0. The van der Waals surface area contributed by atoms with E-state index in [4.69, 9.17) is 0 Å². The van der Waals surface area contributed by atoms with Gasteiger partial charge in [-0.2, -0.15) is 0 Å². The molecule has 3 heteroatoms. The van der Waals surface area contributed by atoms with E-state index in [9.17, 15) is 9.90 Å². The van der Waals surface area contributed by atoms with E-state index >= 15 is 0 Å². The Morgan fingerprint density at radius 1 is 0.935 bits per heavy atom. The van der Waals surface area contributed by atoms with Crippen molar-refractivity contribution < 1.29 is 9.90 Å². The molecule has 2 atom stereocenters. The number of benzene rings is 1. The average molecular weight is 430 g/mol. The van der Waals surface area contributed by atoms with Gasteiger partial charge in [0.05, 0.1) is 12.1 Å². The third-order valence-corrected chi connectivity index (χ3v) is 5.94. The molecule has 0 aliphatic rings. The second-order valence-corrected chi connectivity index (χ2v) is 9.98. The van der Waals surface area contributed by atoms with E-state index in [0.29, 0.717) is 5.56 Å². The molecular formula is C28H47NO2. The lowest BCUT2D eigenvalue weighted by Gasteiger charge is -2.20. The lowest BCUT2D eigenvalue weighted by molar-refractivity contribution is 0.0894. The highest BCUT2D eigenvalue weighted by molar-refractivity contribution is 5.94. The largest absolute Gasteiger partial charge is 0.387 e. The van der Waals surface area contributed by atoms with Gasteiger partial charge >= 0.3 is 0 Å². The molecule has 0 saturated carbocycles. The highest BCUT2D eigenvalue weighted by atomic mass is 16.3. The summed E-state index contributed by atoms with van der Waals surface area (Å²) in [4.78, 5) is 12.4. The number of hydrogen-bond donors (Lipinski definition) is 2. The van der Waals surface area contributed by atoms with Crippen LogP contribution in [-0.4, -0.2) is 23.2 Å². The molecule has 0 fully saturated rings. The number of unbranched alkanes of at least 4 members (excludes halogenated alkanes) is 10. The molecule has 1 aromatic carbocycles. The summed E-state index contributed by atoms with van der Waals surface area (Å²) in [7, 11) is 0. The highest BCUT2D eigenvalue weighted by Gasteiger charge is 2.17. The van der Waals surface area contributed by atoms with E-state index < -0.39 is 6.10 Å². The number of aliphatic hydroxyl groups is 1. The molecule has 0 spiro atoms. The Hall–Kier alpha value is -1.61. The second-order valence-electron chi connectivity index (χ2n) is 9.98. The Balaban J connectivity index is 2.20. The van der Waals surface area contributed by atoms with Crippen molar-refractivity contribution >= 4 is 5.91 Å². The van der Waals surface area contributed by atoms with Crippen LogP contribution in [0, 0.1) is 0 Å². The summed E-state index contributed by atoms with van der Waals surface area (Å²) in [6.45, 7) is 10.6. The summed E-state index contributed by atoms with van der Waals surface area (Å²) in [5.74, 6) is -0.143. The van der Waals surface area contributed by atoms with Crippen LogP contribution in [0.5, 0.6) is 0 Å². The van der Waals surface area contributed by atoms with Gasteiger partial charge in [-0.15, -0.1) is 0 Å². The maximum Gasteiger partial charge on any atom is 0.251 e. The minimum atomic E-state index is -0.666. The molecule has 3 nitrogen and oxygen atoms in total. The van der Waals surface area contributed by atoms with Crippen LogP contribution in [0.2, 0.25) is 0 Å². The standard InChI is InChI=1S/C28H47NO2/c1-6-7-8-9-10-11-12-13-14-15-16-17-18-26(30)23(2)29-27(31)24-19-21-25(22-20-24)28(3,4)5/h17-23,26,30H,6-16H2,1-5H3,(H,29,31)/b18-17+/t23-,26-/m1/s1. The zero-order valence-corrected chi connectivity index (χ0v) is 20.8. The molecule has 0 radical (unpaired) electrons. The van der Waals surface area contributed by atoms with Crippen molar-refractivity contribution in [1.82, 2.24) is 5.32 Å². The Morgan fingerprint density at radius 2 is 1.45 bits per heavy atom. The summed E-state index contributed by atoms with van der Waals surface area (Å²) in [5.41, 5.74) is 1.89. The molecule has 1 rings (SSSR count). The third kappa shape index (κ3) is 12.1. The third-order valence-electron chi connectivity index (χ3n) is 5.94. The first-order chi connectivity index (χ1) is 14.8. The van der Waals surface area contributed by atoms with Crippen LogP contribution in [0.4, 0.5) is 0 Å². The molecule has 2 N–H and O–H groups in total. The maximum absolute atomic E-state index is 12.4. The van der Waals surface area contributed by atoms with Crippen LogP contribution >= 0.6 is 0 Å². The fourth-order valence-corrected chi connectivity index (χ4v) is 3.65. The first-order valence-electron chi connectivity index (χ1n) is 12.5. The zero-order valence-electron chi connectivity index (χ0n) is 20.8. The van der Waals surface area contributed by atoms with Crippen molar-refractivity contribution in [2.45, 2.75) is 123 Å². The van der Waals surface area contributed by atoms with Gasteiger partial charge in [0.25, 0.3) is 5.91 Å². The monoisotopic (exact) mass is 429 g/mol. The van der Waals surface area contributed by atoms with E-state index in [1.165, 1.54) is 69.8 Å². The molecule has 31 heavy (non-hydrogen) atoms. The predicted octanol–water partition coefficient (Wildman–Crippen LogP) is 7.33. The van der Waals surface area contributed by atoms with E-state index in [1.807, 2.05) is 37.3 Å². The fourth-order valence-electron chi connectivity index (χ4n) is 3.65. The van der Waals surface area contributed by atoms with Crippen molar-refractivity contribution in [1.29, 1.82) is 0 Å². The smallest absolute Gasteiger partial charge is 0.251 e. The van der Waals surface area contributed by atoms with Gasteiger partial charge in [-0.05, 0) is 42.9 Å². The van der Waals surface area contributed by atoms with Gasteiger partial charge in [0.2, 0.25) is 0 Å². The molecule has 0 saturated heterocycles. The fraction of sp³-hybridized carbons (Fsp3) is 0.679. The van der Waals surface area contributed by atoms with E-state index in [-0.39, 0.29) is 17.4 Å². The molecule has 176 valence electrons. The first kappa shape index (κ1) is 27.4. The van der Waals surface area contributed by atoms with Crippen molar-refractivity contribution in [3.05, 3.63) is 47.5 Å². The van der Waals surface area contributed by atoms with Crippen molar-refractivity contribution in [3.8, 4) is 0 Å². The number of aliphatic hydroxyl groups excluding tert-OH is 1. The molecule has 0 aliphatic carbocycles. The molecule has 1 amide bonds. The Morgan fingerprint density at radius 3 is 1.97 bits per heavy atom. The highest BCUT2D eigenvalue weighted by Crippen LogP contribution is 2.22. The van der Waals surface area contributed by atoms with Gasteiger partial charge in [0.1, 0.15) is 0 Å². The van der Waals surface area contributed by atoms with Crippen LogP contribution in [0.15, 0.2) is 36.4 Å². The molecule has 0 bridgehead atoms. The summed E-state index contributed by atoms with van der Waals surface area (Å²) in [6, 6.07) is 7.40. The van der Waals surface area contributed by atoms with Crippen molar-refractivity contribution in [3.63, 3.8) is 0 Å². The minimum Gasteiger partial charge on any atom is -0.387 e. The Kier molecular flexibility index (Phi) is 13.5. The summed E-state index contributed by atoms with van der Waals surface area (Å²) < 4.78 is 0. The van der Waals surface area contributed by atoms with Crippen LogP contribution in [0.1, 0.15) is 121 Å². The van der Waals surface area contributed by atoms with Gasteiger partial charge in [0.15, 0.2) is 0 Å². The summed E-state index contributed by atoms with van der Waals surface area (Å²) in [6.07, 6.45) is 17.5. The minimum absolute atomic E-state index is 0.0670. The lowest BCUT2D eigenvalue weighted by Crippen LogP contribution is -2.40. The number of rotatable bonds is 15. The van der Waals surface area contributed by atoms with Crippen LogP contribution < -0.4 is 5.32 Å². The quantitative estimate of drug-likeness (QED) is 0.226. The number of carbonyl (C=O) groups excluding carboxylic acids is 1. The number of nitrogens with one attached hydrogen (secondary N) is 1. The maximum atomic E-state index is 12.4. The van der Waals surface area contributed by atoms with Crippen molar-refractivity contribution in [2.75, 3.05) is 0 Å². The molecule has 0 heterocycles. The van der Waals surface area contributed by atoms with Gasteiger partial charge in [-0.25, -0.2) is 0 Å². The van der Waals surface area contributed by atoms with Crippen molar-refractivity contribution in [2.24, 2.45) is 0 Å². The molecule has 1 aromatic rings. The Bertz CT molecular complexity index is 627. The Labute approximate surface area is 191 Å². The lowest BCUT2D eigenvalue weighted by atomic mass is 9.86.